The fraction of sp³-hybridized carbons (Fsp3) is 0.455. The van der Waals surface area contributed by atoms with E-state index in [9.17, 15) is 13.2 Å². The summed E-state index contributed by atoms with van der Waals surface area (Å²) in [6.45, 7) is 3.46. The van der Waals surface area contributed by atoms with E-state index >= 15 is 0 Å². The second kappa shape index (κ2) is 3.23. The van der Waals surface area contributed by atoms with Gasteiger partial charge < -0.3 is 5.32 Å². The van der Waals surface area contributed by atoms with E-state index in [2.05, 4.69) is 5.32 Å². The van der Waals surface area contributed by atoms with Crippen LogP contribution in [0.25, 0.3) is 0 Å². The Morgan fingerprint density at radius 2 is 1.93 bits per heavy atom. The van der Waals surface area contributed by atoms with Gasteiger partial charge in [0, 0.05) is 18.5 Å². The molecule has 1 aliphatic rings. The van der Waals surface area contributed by atoms with E-state index < -0.39 is 11.7 Å². The van der Waals surface area contributed by atoms with Gasteiger partial charge in [-0.1, -0.05) is 25.1 Å². The van der Waals surface area contributed by atoms with Crippen molar-refractivity contribution in [3.8, 4) is 0 Å². The summed E-state index contributed by atoms with van der Waals surface area (Å²) in [4.78, 5) is 0. The molecular weight excluding hydrogens is 203 g/mol. The first-order valence-corrected chi connectivity index (χ1v) is 4.80. The molecule has 0 atom stereocenters. The first kappa shape index (κ1) is 10.5. The largest absolute Gasteiger partial charge is 0.416 e. The van der Waals surface area contributed by atoms with Crippen LogP contribution in [-0.2, 0) is 11.6 Å². The van der Waals surface area contributed by atoms with Gasteiger partial charge in [0.1, 0.15) is 0 Å². The summed E-state index contributed by atoms with van der Waals surface area (Å²) in [7, 11) is 0. The maximum Gasteiger partial charge on any atom is 0.416 e. The van der Waals surface area contributed by atoms with E-state index in [0.717, 1.165) is 24.7 Å². The van der Waals surface area contributed by atoms with Crippen molar-refractivity contribution in [1.29, 1.82) is 0 Å². The fourth-order valence-electron chi connectivity index (χ4n) is 1.78. The molecule has 82 valence electrons. The minimum Gasteiger partial charge on any atom is -0.315 e. The number of rotatable bonds is 1. The first-order chi connectivity index (χ1) is 6.92. The predicted octanol–water partition coefficient (Wildman–Crippen LogP) is 2.57. The second-order valence-electron chi connectivity index (χ2n) is 4.24. The van der Waals surface area contributed by atoms with Crippen molar-refractivity contribution in [2.75, 3.05) is 13.1 Å². The molecule has 1 heterocycles. The Labute approximate surface area is 86.3 Å². The highest BCUT2D eigenvalue weighted by atomic mass is 19.4. The topological polar surface area (TPSA) is 12.0 Å². The number of alkyl halides is 3. The number of nitrogens with one attached hydrogen (secondary N) is 1. The third-order valence-electron chi connectivity index (χ3n) is 2.92. The van der Waals surface area contributed by atoms with E-state index in [0.29, 0.717) is 0 Å². The molecule has 1 aromatic rings. The zero-order chi connectivity index (χ0) is 11.1. The molecule has 1 fully saturated rings. The lowest BCUT2D eigenvalue weighted by Gasteiger charge is -2.40. The molecule has 0 unspecified atom stereocenters. The van der Waals surface area contributed by atoms with Crippen LogP contribution in [0, 0.1) is 0 Å². The Morgan fingerprint density at radius 3 is 2.40 bits per heavy atom. The third kappa shape index (κ3) is 1.86. The Morgan fingerprint density at radius 1 is 1.27 bits per heavy atom. The van der Waals surface area contributed by atoms with Gasteiger partial charge in [-0.3, -0.25) is 0 Å². The van der Waals surface area contributed by atoms with E-state index in [1.807, 2.05) is 6.92 Å². The van der Waals surface area contributed by atoms with E-state index in [1.165, 1.54) is 12.1 Å². The average molecular weight is 215 g/mol. The lowest BCUT2D eigenvalue weighted by atomic mass is 9.77. The van der Waals surface area contributed by atoms with E-state index in [1.54, 1.807) is 6.07 Å². The molecule has 0 amide bonds. The van der Waals surface area contributed by atoms with Gasteiger partial charge in [0.15, 0.2) is 0 Å². The van der Waals surface area contributed by atoms with Crippen LogP contribution in [0.4, 0.5) is 13.2 Å². The van der Waals surface area contributed by atoms with Crippen molar-refractivity contribution in [1.82, 2.24) is 5.32 Å². The molecule has 1 aromatic carbocycles. The van der Waals surface area contributed by atoms with Gasteiger partial charge in [-0.25, -0.2) is 0 Å². The Kier molecular flexibility index (Phi) is 2.26. The molecule has 0 radical (unpaired) electrons. The van der Waals surface area contributed by atoms with E-state index in [-0.39, 0.29) is 5.41 Å². The van der Waals surface area contributed by atoms with Gasteiger partial charge in [0.05, 0.1) is 5.56 Å². The summed E-state index contributed by atoms with van der Waals surface area (Å²) >= 11 is 0. The van der Waals surface area contributed by atoms with Crippen LogP contribution in [0.3, 0.4) is 0 Å². The summed E-state index contributed by atoms with van der Waals surface area (Å²) in [6.07, 6.45) is -4.25. The third-order valence-corrected chi connectivity index (χ3v) is 2.92. The summed E-state index contributed by atoms with van der Waals surface area (Å²) in [5.74, 6) is 0. The van der Waals surface area contributed by atoms with Crippen molar-refractivity contribution < 1.29 is 13.2 Å². The number of benzene rings is 1. The normalized spacial score (nSPS) is 19.7. The minimum atomic E-state index is -4.25. The number of hydrogen-bond donors (Lipinski definition) is 1. The SMILES string of the molecule is CC1(c2cccc(C(F)(F)F)c2)CNC1. The van der Waals surface area contributed by atoms with Gasteiger partial charge >= 0.3 is 6.18 Å². The average Bonchev–Trinajstić information content (AvgIpc) is 2.13. The Bertz CT molecular complexity index is 366. The van der Waals surface area contributed by atoms with Crippen molar-refractivity contribution in [3.63, 3.8) is 0 Å². The monoisotopic (exact) mass is 215 g/mol. The maximum atomic E-state index is 12.5. The molecule has 0 saturated carbocycles. The fourth-order valence-corrected chi connectivity index (χ4v) is 1.78. The zero-order valence-electron chi connectivity index (χ0n) is 8.36. The van der Waals surface area contributed by atoms with E-state index in [4.69, 9.17) is 0 Å². The minimum absolute atomic E-state index is 0.138. The molecule has 15 heavy (non-hydrogen) atoms. The van der Waals surface area contributed by atoms with Crippen molar-refractivity contribution >= 4 is 0 Å². The molecule has 2 rings (SSSR count). The molecule has 0 bridgehead atoms. The summed E-state index contributed by atoms with van der Waals surface area (Å²) in [5, 5.41) is 3.08. The van der Waals surface area contributed by atoms with Crippen LogP contribution >= 0.6 is 0 Å². The maximum absolute atomic E-state index is 12.5. The smallest absolute Gasteiger partial charge is 0.315 e. The molecule has 1 nitrogen and oxygen atoms in total. The molecule has 4 heteroatoms. The highest BCUT2D eigenvalue weighted by molar-refractivity contribution is 5.33. The molecular formula is C11H12F3N. The quantitative estimate of drug-likeness (QED) is 0.759. The Balaban J connectivity index is 2.35. The standard InChI is InChI=1S/C11H12F3N/c1-10(6-15-7-10)8-3-2-4-9(5-8)11(12,13)14/h2-5,15H,6-7H2,1H3. The van der Waals surface area contributed by atoms with Crippen molar-refractivity contribution in [2.45, 2.75) is 18.5 Å². The highest BCUT2D eigenvalue weighted by Crippen LogP contribution is 2.34. The van der Waals surface area contributed by atoms with Crippen LogP contribution in [0.15, 0.2) is 24.3 Å². The van der Waals surface area contributed by atoms with Gasteiger partial charge in [-0.05, 0) is 11.6 Å². The van der Waals surface area contributed by atoms with Gasteiger partial charge in [0.2, 0.25) is 0 Å². The van der Waals surface area contributed by atoms with Gasteiger partial charge in [0.25, 0.3) is 0 Å². The zero-order valence-corrected chi connectivity index (χ0v) is 8.36. The summed E-state index contributed by atoms with van der Waals surface area (Å²) in [5.41, 5.74) is 0.0607. The first-order valence-electron chi connectivity index (χ1n) is 4.80. The second-order valence-corrected chi connectivity index (χ2v) is 4.24. The molecule has 0 aliphatic carbocycles. The van der Waals surface area contributed by atoms with Gasteiger partial charge in [-0.2, -0.15) is 13.2 Å². The van der Waals surface area contributed by atoms with Crippen LogP contribution in [0.5, 0.6) is 0 Å². The summed E-state index contributed by atoms with van der Waals surface area (Å²) < 4.78 is 37.4. The number of hydrogen-bond acceptors (Lipinski definition) is 1. The molecule has 0 aromatic heterocycles. The molecule has 1 N–H and O–H groups in total. The molecule has 1 saturated heterocycles. The molecule has 0 spiro atoms. The Hall–Kier alpha value is -1.03. The highest BCUT2D eigenvalue weighted by Gasteiger charge is 2.36. The van der Waals surface area contributed by atoms with Crippen molar-refractivity contribution in [2.24, 2.45) is 0 Å². The predicted molar refractivity (Wildman–Crippen MR) is 51.7 cm³/mol. The van der Waals surface area contributed by atoms with Gasteiger partial charge in [-0.15, -0.1) is 0 Å². The lowest BCUT2D eigenvalue weighted by Crippen LogP contribution is -2.54. The van der Waals surface area contributed by atoms with Crippen LogP contribution in [0.1, 0.15) is 18.1 Å². The lowest BCUT2D eigenvalue weighted by molar-refractivity contribution is -0.137. The van der Waals surface area contributed by atoms with Crippen LogP contribution < -0.4 is 5.32 Å². The van der Waals surface area contributed by atoms with Crippen LogP contribution in [0.2, 0.25) is 0 Å². The van der Waals surface area contributed by atoms with Crippen molar-refractivity contribution in [3.05, 3.63) is 35.4 Å². The number of halogens is 3. The summed E-state index contributed by atoms with van der Waals surface area (Å²) in [6, 6.07) is 5.59. The molecule has 1 aliphatic heterocycles. The van der Waals surface area contributed by atoms with Crippen LogP contribution in [-0.4, -0.2) is 13.1 Å².